The van der Waals surface area contributed by atoms with E-state index in [1.807, 2.05) is 39.0 Å². The van der Waals surface area contributed by atoms with Gasteiger partial charge in [-0.1, -0.05) is 131 Å². The molecule has 33 heteroatoms. The SMILES string of the molecule is CC(C)(C)OC(=O)N1[C@@H]2C[C@@H]2C[C@H]1C(=O)CCc1cccc(Cl)c1F.CC(C)(C)OC(=O)N1[C@@H]2C[C@@H]2C[C@H]1C(=O)O.ClCCl.NC(=O)c1cn(CC(=O)N2[C@@H]3C[C@@H]3C[C@H]2C(=O)CCc2cccc(Cl)c2F)c2ccccc12.NC(=O)c1cn(CC(=O)O)c2ccccc12.NCc1cccc(Cl)c1F.O=C(CCc1cccc(Cl)c1F)[C@@H]1C[C@H]2C[C@H]2N1. The summed E-state index contributed by atoms with van der Waals surface area (Å²) in [4.78, 5) is 125. The largest absolute Gasteiger partial charge is 0.480 e. The highest BCUT2D eigenvalue weighted by Gasteiger charge is 2.59. The van der Waals surface area contributed by atoms with Crippen molar-refractivity contribution in [2.75, 3.05) is 5.34 Å². The van der Waals surface area contributed by atoms with Gasteiger partial charge in [0.15, 0.2) is 11.6 Å². The number of piperidine rings is 4. The van der Waals surface area contributed by atoms with Crippen molar-refractivity contribution >= 4 is 151 Å². The number of alkyl halides is 2. The van der Waals surface area contributed by atoms with Crippen LogP contribution in [0.15, 0.2) is 134 Å². The lowest BCUT2D eigenvalue weighted by atomic mass is 10.00. The maximum Gasteiger partial charge on any atom is 0.411 e. The summed E-state index contributed by atoms with van der Waals surface area (Å²) < 4.78 is 68.5. The van der Waals surface area contributed by atoms with Crippen LogP contribution in [0.1, 0.15) is 155 Å². The summed E-state index contributed by atoms with van der Waals surface area (Å²) in [5.41, 5.74) is 18.7. The minimum atomic E-state index is -0.961. The molecule has 2 aromatic heterocycles. The first-order chi connectivity index (χ1) is 57.2. The molecule has 23 nitrogen and oxygen atoms in total. The Morgan fingerprint density at radius 1 is 0.455 bits per heavy atom. The summed E-state index contributed by atoms with van der Waals surface area (Å²) in [6.07, 6.45) is 10.6. The van der Waals surface area contributed by atoms with E-state index in [0.29, 0.717) is 111 Å². The number of carboxylic acids is 2. The molecule has 4 saturated carbocycles. The number of hydrogen-bond acceptors (Lipinski definition) is 14. The van der Waals surface area contributed by atoms with Crippen LogP contribution in [-0.2, 0) is 77.1 Å². The lowest BCUT2D eigenvalue weighted by Crippen LogP contribution is -2.45. The standard InChI is InChI=1S/C25H23ClFN3O3.C19H23ClFNO3.C14H15ClFNO.C11H10N2O3.C11H17NO4.C7H7ClFN.CH2Cl2/c26-18-6-3-4-14(24(18)27)8-9-22(31)21-11-15-10-20(15)30(21)23(32)13-29-12-17(25(28)33)16-5-1-2-7-19(16)29;1-19(2,3)25-18(24)22-14-9-12(14)10-15(22)16(23)8-7-11-5-4-6-13(20)17(11)21;15-10-3-1-2-8(14(10)16)4-5-13(18)12-7-9-6-11(9)17-12;12-11(16)8-5-13(6-10(14)15)9-4-2-1-3-7(8)9;1-11(2,3)16-10(15)12-7-4-6(7)5-8(12)9(13)14;8-6-3-1-2-5(4-10)7(6)9;2-1-3/h1-7,12,15,20-21H,8-11,13H2,(H2,28,33);4-6,12,14-15H,7-10H2,1-3H3;1-3,9,11-12,17H,4-7H2;1-5H,6H2,(H2,12,16)(H,14,15);6-8H,4-5H2,1-3H3,(H,13,14);1-3H,4,10H2;1H2/t15-,20-,21+;12-,14-,15+;9-,11-,12+;;6-,7-,8+;;/m111.1../s1. The highest BCUT2D eigenvalue weighted by molar-refractivity contribution is 6.40. The molecule has 4 aliphatic heterocycles. The first-order valence-corrected chi connectivity index (χ1v) is 42.2. The highest BCUT2D eigenvalue weighted by Crippen LogP contribution is 2.51. The number of carboxylic acid groups (broad SMARTS) is 2. The van der Waals surface area contributed by atoms with E-state index in [9.17, 15) is 65.5 Å². The minimum absolute atomic E-state index is 0.00371. The summed E-state index contributed by atoms with van der Waals surface area (Å²) in [7, 11) is 0. The molecule has 5 amide bonds. The first-order valence-electron chi connectivity index (χ1n) is 39.6. The van der Waals surface area contributed by atoms with Crippen LogP contribution in [0.5, 0.6) is 0 Å². The Kier molecular flexibility index (Phi) is 31.7. The van der Waals surface area contributed by atoms with Crippen LogP contribution in [-0.4, -0.2) is 158 Å². The average molecular weight is 1790 g/mol. The van der Waals surface area contributed by atoms with Gasteiger partial charge in [-0.25, -0.2) is 31.9 Å². The van der Waals surface area contributed by atoms with Gasteiger partial charge >= 0.3 is 24.1 Å². The van der Waals surface area contributed by atoms with Gasteiger partial charge in [0.1, 0.15) is 59.4 Å². The predicted octanol–water partition coefficient (Wildman–Crippen LogP) is 16.5. The molecule has 4 aliphatic carbocycles. The Morgan fingerprint density at radius 2 is 0.810 bits per heavy atom. The van der Waals surface area contributed by atoms with Gasteiger partial charge in [-0.2, -0.15) is 0 Å². The molecule has 8 aromatic rings. The van der Waals surface area contributed by atoms with Crippen molar-refractivity contribution in [3.63, 3.8) is 0 Å². The van der Waals surface area contributed by atoms with Gasteiger partial charge in [-0.3, -0.25) is 43.4 Å². The van der Waals surface area contributed by atoms with Crippen molar-refractivity contribution in [1.82, 2.24) is 29.2 Å². The van der Waals surface area contributed by atoms with Crippen LogP contribution in [0.3, 0.4) is 0 Å². The number of carbonyl (C=O) groups is 10. The number of nitrogens with zero attached hydrogens (tertiary/aromatic N) is 5. The molecule has 9 N–H and O–H groups in total. The van der Waals surface area contributed by atoms with Crippen molar-refractivity contribution in [3.05, 3.63) is 210 Å². The summed E-state index contributed by atoms with van der Waals surface area (Å²) in [6.45, 7) is 10.8. The van der Waals surface area contributed by atoms with Crippen molar-refractivity contribution in [2.24, 2.45) is 40.9 Å². The Balaban J connectivity index is 0.000000157. The smallest absolute Gasteiger partial charge is 0.411 e. The Labute approximate surface area is 727 Å². The molecule has 4 saturated heterocycles. The van der Waals surface area contributed by atoms with Crippen LogP contribution >= 0.6 is 69.6 Å². The lowest BCUT2D eigenvalue weighted by molar-refractivity contribution is -0.142. The summed E-state index contributed by atoms with van der Waals surface area (Å²) >= 11 is 32.3. The number of halogens is 10. The molecular weight excluding hydrogens is 1700 g/mol. The fourth-order valence-electron chi connectivity index (χ4n) is 16.0. The molecule has 0 radical (unpaired) electrons. The van der Waals surface area contributed by atoms with Gasteiger partial charge in [-0.05, 0) is 189 Å². The fourth-order valence-corrected chi connectivity index (χ4v) is 16.8. The number of hydrogen-bond donors (Lipinski definition) is 6. The first kappa shape index (κ1) is 93.9. The van der Waals surface area contributed by atoms with E-state index in [-0.39, 0.29) is 118 Å². The molecule has 12 atom stereocenters. The molecular formula is C88H97Cl6F4N9O14. The second kappa shape index (κ2) is 40.8. The number of ether oxygens (including phenoxy) is 2. The number of amides is 5. The maximum absolute atomic E-state index is 14.2. The lowest BCUT2D eigenvalue weighted by Gasteiger charge is -2.29. The summed E-state index contributed by atoms with van der Waals surface area (Å²) in [5.74, 6) is -3.05. The van der Waals surface area contributed by atoms with Gasteiger partial charge in [-0.15, -0.1) is 23.2 Å². The molecule has 16 rings (SSSR count). The topological polar surface area (TPSA) is 339 Å². The van der Waals surface area contributed by atoms with Crippen LogP contribution in [0.2, 0.25) is 20.1 Å². The number of primary amides is 2. The van der Waals surface area contributed by atoms with Crippen molar-refractivity contribution < 1.29 is 85.2 Å². The second-order valence-electron chi connectivity index (χ2n) is 33.0. The number of nitrogens with two attached hydrogens (primary N) is 3. The van der Waals surface area contributed by atoms with Crippen LogP contribution < -0.4 is 22.5 Å². The summed E-state index contributed by atoms with van der Waals surface area (Å²) in [6, 6.07) is 32.8. The Hall–Kier alpha value is -9.32. The van der Waals surface area contributed by atoms with Gasteiger partial charge in [0.05, 0.1) is 54.7 Å². The molecule has 6 heterocycles. The number of ketones is 3. The molecule has 0 spiro atoms. The quantitative estimate of drug-likeness (QED) is 0.0305. The van der Waals surface area contributed by atoms with E-state index in [2.05, 4.69) is 5.32 Å². The van der Waals surface area contributed by atoms with Crippen molar-refractivity contribution in [2.45, 2.75) is 211 Å². The fraction of sp³-hybridized carbons (Fsp3) is 0.432. The molecule has 6 aromatic carbocycles. The number of likely N-dealkylation sites (tertiary alicyclic amines) is 3. The zero-order valence-electron chi connectivity index (χ0n) is 67.4. The van der Waals surface area contributed by atoms with Gasteiger partial charge in [0, 0.05) is 89.7 Å². The van der Waals surface area contributed by atoms with E-state index in [1.54, 1.807) is 120 Å². The number of aliphatic carboxylic acids is 2. The minimum Gasteiger partial charge on any atom is -0.480 e. The number of Topliss-reactive ketones (excluding diaryl/α,β-unsaturated/α-hetero) is 3. The number of para-hydroxylation sites is 2. The van der Waals surface area contributed by atoms with Gasteiger partial charge < -0.3 is 56.2 Å². The Bertz CT molecular complexity index is 5190. The third kappa shape index (κ3) is 24.4. The van der Waals surface area contributed by atoms with Crippen LogP contribution in [0.25, 0.3) is 21.8 Å². The number of carbonyl (C=O) groups excluding carboxylic acids is 8. The normalized spacial score (nSPS) is 21.9. The third-order valence-corrected chi connectivity index (χ3v) is 23.3. The second-order valence-corrected chi connectivity index (χ2v) is 35.4. The van der Waals surface area contributed by atoms with Gasteiger partial charge in [0.2, 0.25) is 5.91 Å². The molecule has 0 unspecified atom stereocenters. The van der Waals surface area contributed by atoms with E-state index in [1.165, 1.54) is 46.4 Å². The number of rotatable bonds is 20. The Morgan fingerprint density at radius 3 is 1.17 bits per heavy atom. The van der Waals surface area contributed by atoms with E-state index in [4.69, 9.17) is 106 Å². The van der Waals surface area contributed by atoms with Crippen LogP contribution in [0.4, 0.5) is 27.2 Å². The van der Waals surface area contributed by atoms with Crippen molar-refractivity contribution in [1.29, 1.82) is 0 Å². The molecule has 121 heavy (non-hydrogen) atoms. The number of benzene rings is 6. The number of fused-ring (bicyclic) bond motifs is 6. The number of nitrogens with one attached hydrogen (secondary N) is 1. The van der Waals surface area contributed by atoms with E-state index >= 15 is 0 Å². The molecule has 648 valence electrons. The highest BCUT2D eigenvalue weighted by atomic mass is 35.5. The van der Waals surface area contributed by atoms with Crippen LogP contribution in [0, 0.1) is 46.9 Å². The molecule has 8 fully saturated rings. The monoisotopic (exact) mass is 1790 g/mol. The zero-order chi connectivity index (χ0) is 88.4. The zero-order valence-corrected chi connectivity index (χ0v) is 71.9. The summed E-state index contributed by atoms with van der Waals surface area (Å²) in [5, 5.41) is 23.0. The van der Waals surface area contributed by atoms with E-state index in [0.717, 1.165) is 31.2 Å². The molecule has 0 bridgehead atoms. The average Bonchev–Trinajstić information content (AvgIpc) is 1.59. The number of aromatic nitrogens is 2. The molecule has 8 aliphatic rings. The predicted molar refractivity (Wildman–Crippen MR) is 454 cm³/mol. The third-order valence-electron chi connectivity index (χ3n) is 22.1. The van der Waals surface area contributed by atoms with Gasteiger partial charge in [0.25, 0.3) is 11.8 Å². The van der Waals surface area contributed by atoms with Crippen molar-refractivity contribution in [3.8, 4) is 0 Å². The number of aryl methyl sites for hydroxylation is 3. The van der Waals surface area contributed by atoms with E-state index < -0.39 is 88.5 Å². The maximum atomic E-state index is 14.2.